The first-order valence-electron chi connectivity index (χ1n) is 8.82. The van der Waals surface area contributed by atoms with Crippen LogP contribution in [0.25, 0.3) is 0 Å². The Kier molecular flexibility index (Phi) is 20.3. The van der Waals surface area contributed by atoms with Gasteiger partial charge in [0.15, 0.2) is 0 Å². The molecular formula is C20H41N2S2+. The quantitative estimate of drug-likeness (QED) is 0.274. The molecule has 0 saturated carbocycles. The minimum Gasteiger partial charge on any atom is -0.358 e. The van der Waals surface area contributed by atoms with Crippen molar-refractivity contribution in [3.63, 3.8) is 0 Å². The van der Waals surface area contributed by atoms with Crippen molar-refractivity contribution in [3.05, 3.63) is 35.5 Å². The Hall–Kier alpha value is -0.580. The average molecular weight is 374 g/mol. The standard InChI is InChI=1S/C13H24N.C5H11NS2.C2H6/c1-7-8-13(10-9-12(2)3)11-14(4,5)6;1-3-6(4-2)5(7)8;1-2/h7-10H,11H2,1-6H3;3-4H2,1-2H3,(H,7,8);1-2H3/q+1;;/b8-7-,13-10+;;. The van der Waals surface area contributed by atoms with E-state index in [9.17, 15) is 0 Å². The number of hydrogen-bond acceptors (Lipinski definition) is 1. The first kappa shape index (κ1) is 28.2. The SMILES string of the molecule is C/C=C\C(=C/C=C(C)C)C[N+](C)(C)C.CC.CCN(CC)C(=S)S. The average Bonchev–Trinajstić information content (AvgIpc) is 2.47. The van der Waals surface area contributed by atoms with Crippen LogP contribution in [0.1, 0.15) is 48.5 Å². The lowest BCUT2D eigenvalue weighted by molar-refractivity contribution is -0.865. The highest BCUT2D eigenvalue weighted by atomic mass is 32.1. The van der Waals surface area contributed by atoms with Crippen molar-refractivity contribution in [2.75, 3.05) is 40.8 Å². The van der Waals surface area contributed by atoms with E-state index in [0.717, 1.165) is 24.1 Å². The lowest BCUT2D eigenvalue weighted by Gasteiger charge is -2.24. The van der Waals surface area contributed by atoms with E-state index < -0.39 is 0 Å². The minimum atomic E-state index is 0.690. The largest absolute Gasteiger partial charge is 0.358 e. The van der Waals surface area contributed by atoms with E-state index in [2.05, 4.69) is 92.7 Å². The van der Waals surface area contributed by atoms with Gasteiger partial charge in [-0.2, -0.15) is 0 Å². The van der Waals surface area contributed by atoms with E-state index in [-0.39, 0.29) is 0 Å². The molecule has 0 radical (unpaired) electrons. The smallest absolute Gasteiger partial charge is 0.133 e. The van der Waals surface area contributed by atoms with E-state index in [1.807, 2.05) is 18.7 Å². The van der Waals surface area contributed by atoms with Crippen LogP contribution >= 0.6 is 24.8 Å². The van der Waals surface area contributed by atoms with Crippen LogP contribution in [0.3, 0.4) is 0 Å². The van der Waals surface area contributed by atoms with Gasteiger partial charge in [-0.3, -0.25) is 0 Å². The molecule has 0 saturated heterocycles. The summed E-state index contributed by atoms with van der Waals surface area (Å²) in [6.07, 6.45) is 8.66. The zero-order valence-electron chi connectivity index (χ0n) is 17.7. The molecule has 0 atom stereocenters. The molecule has 0 rings (SSSR count). The molecule has 0 bridgehead atoms. The van der Waals surface area contributed by atoms with Crippen LogP contribution in [-0.4, -0.2) is 54.5 Å². The van der Waals surface area contributed by atoms with E-state index in [1.54, 1.807) is 0 Å². The first-order chi connectivity index (χ1) is 11.1. The van der Waals surface area contributed by atoms with Gasteiger partial charge >= 0.3 is 0 Å². The Bertz CT molecular complexity index is 394. The molecule has 0 aliphatic heterocycles. The highest BCUT2D eigenvalue weighted by Gasteiger charge is 2.07. The zero-order chi connectivity index (χ0) is 19.8. The number of quaternary nitrogens is 1. The van der Waals surface area contributed by atoms with Crippen LogP contribution in [0.15, 0.2) is 35.5 Å². The molecule has 0 amide bonds. The van der Waals surface area contributed by atoms with Crippen molar-refractivity contribution in [3.8, 4) is 0 Å². The van der Waals surface area contributed by atoms with Crippen molar-refractivity contribution < 1.29 is 4.48 Å². The third kappa shape index (κ3) is 21.4. The predicted molar refractivity (Wildman–Crippen MR) is 121 cm³/mol. The number of hydrogen-bond donors (Lipinski definition) is 1. The highest BCUT2D eigenvalue weighted by Crippen LogP contribution is 2.05. The van der Waals surface area contributed by atoms with Gasteiger partial charge < -0.3 is 9.38 Å². The maximum absolute atomic E-state index is 4.81. The second-order valence-corrected chi connectivity index (χ2v) is 7.50. The third-order valence-corrected chi connectivity index (χ3v) is 3.24. The van der Waals surface area contributed by atoms with Crippen LogP contribution in [0, 0.1) is 0 Å². The van der Waals surface area contributed by atoms with E-state index in [1.165, 1.54) is 11.1 Å². The molecule has 4 heteroatoms. The van der Waals surface area contributed by atoms with Crippen molar-refractivity contribution in [1.82, 2.24) is 4.90 Å². The van der Waals surface area contributed by atoms with Crippen molar-refractivity contribution in [2.24, 2.45) is 0 Å². The predicted octanol–water partition coefficient (Wildman–Crippen LogP) is 5.73. The van der Waals surface area contributed by atoms with E-state index in [4.69, 9.17) is 12.2 Å². The van der Waals surface area contributed by atoms with Gasteiger partial charge in [0, 0.05) is 18.7 Å². The Labute approximate surface area is 163 Å². The summed E-state index contributed by atoms with van der Waals surface area (Å²) in [7, 11) is 6.62. The number of rotatable bonds is 6. The number of likely N-dealkylation sites (N-methyl/N-ethyl adjacent to an activating group) is 1. The van der Waals surface area contributed by atoms with Gasteiger partial charge in [-0.1, -0.05) is 55.9 Å². The van der Waals surface area contributed by atoms with E-state index in [0.29, 0.717) is 4.32 Å². The van der Waals surface area contributed by atoms with Crippen LogP contribution in [0.4, 0.5) is 0 Å². The minimum absolute atomic E-state index is 0.690. The van der Waals surface area contributed by atoms with Gasteiger partial charge in [0.2, 0.25) is 0 Å². The van der Waals surface area contributed by atoms with Gasteiger partial charge in [-0.25, -0.2) is 0 Å². The fraction of sp³-hybridized carbons (Fsp3) is 0.650. The summed E-state index contributed by atoms with van der Waals surface area (Å²) < 4.78 is 1.65. The fourth-order valence-corrected chi connectivity index (χ4v) is 2.23. The maximum Gasteiger partial charge on any atom is 0.133 e. The lowest BCUT2D eigenvalue weighted by Crippen LogP contribution is -2.35. The molecule has 0 heterocycles. The summed E-state index contributed by atoms with van der Waals surface area (Å²) in [6.45, 7) is 17.4. The van der Waals surface area contributed by atoms with Crippen molar-refractivity contribution in [2.45, 2.75) is 48.5 Å². The summed E-state index contributed by atoms with van der Waals surface area (Å²) in [6, 6.07) is 0. The number of nitrogens with zero attached hydrogens (tertiary/aromatic N) is 2. The molecule has 0 aromatic heterocycles. The second-order valence-electron chi connectivity index (χ2n) is 6.39. The topological polar surface area (TPSA) is 3.24 Å². The third-order valence-electron chi connectivity index (χ3n) is 2.70. The summed E-state index contributed by atoms with van der Waals surface area (Å²) in [5.41, 5.74) is 2.72. The van der Waals surface area contributed by atoms with Gasteiger partial charge in [0.05, 0.1) is 21.1 Å². The van der Waals surface area contributed by atoms with Gasteiger partial charge in [0.25, 0.3) is 0 Å². The van der Waals surface area contributed by atoms with E-state index >= 15 is 0 Å². The van der Waals surface area contributed by atoms with Crippen LogP contribution in [0.2, 0.25) is 0 Å². The van der Waals surface area contributed by atoms with Crippen LogP contribution in [-0.2, 0) is 0 Å². The number of allylic oxidation sites excluding steroid dienone is 4. The molecule has 0 unspecified atom stereocenters. The molecule has 142 valence electrons. The summed E-state index contributed by atoms with van der Waals surface area (Å²) in [4.78, 5) is 2.01. The molecule has 0 spiro atoms. The molecule has 2 nitrogen and oxygen atoms in total. The molecule has 0 N–H and O–H groups in total. The summed E-state index contributed by atoms with van der Waals surface area (Å²) in [5.74, 6) is 0. The monoisotopic (exact) mass is 373 g/mol. The summed E-state index contributed by atoms with van der Waals surface area (Å²) in [5, 5.41) is 0. The fourth-order valence-electron chi connectivity index (χ4n) is 1.69. The highest BCUT2D eigenvalue weighted by molar-refractivity contribution is 8.10. The Morgan fingerprint density at radius 1 is 1.04 bits per heavy atom. The molecule has 0 aliphatic rings. The molecule has 0 aliphatic carbocycles. The summed E-state index contributed by atoms with van der Waals surface area (Å²) >= 11 is 8.82. The van der Waals surface area contributed by atoms with Gasteiger partial charge in [0.1, 0.15) is 10.9 Å². The first-order valence-corrected chi connectivity index (χ1v) is 9.67. The number of thiocarbonyl (C=S) groups is 1. The number of thiol groups is 1. The van der Waals surface area contributed by atoms with Crippen molar-refractivity contribution >= 4 is 29.2 Å². The molecule has 24 heavy (non-hydrogen) atoms. The second kappa shape index (κ2) is 17.2. The Balaban J connectivity index is -0.000000374. The van der Waals surface area contributed by atoms with Crippen LogP contribution in [0.5, 0.6) is 0 Å². The van der Waals surface area contributed by atoms with Gasteiger partial charge in [-0.05, 0) is 34.6 Å². The van der Waals surface area contributed by atoms with Gasteiger partial charge in [-0.15, -0.1) is 12.6 Å². The molecule has 0 aromatic rings. The lowest BCUT2D eigenvalue weighted by atomic mass is 10.2. The normalized spacial score (nSPS) is 11.0. The zero-order valence-corrected chi connectivity index (χ0v) is 19.4. The molecule has 0 fully saturated rings. The maximum atomic E-state index is 4.81. The Morgan fingerprint density at radius 2 is 1.50 bits per heavy atom. The Morgan fingerprint density at radius 3 is 1.71 bits per heavy atom. The molecule has 0 aromatic carbocycles. The van der Waals surface area contributed by atoms with Crippen LogP contribution < -0.4 is 0 Å². The van der Waals surface area contributed by atoms with Crippen molar-refractivity contribution in [1.29, 1.82) is 0 Å². The molecular weight excluding hydrogens is 332 g/mol.